The summed E-state index contributed by atoms with van der Waals surface area (Å²) in [4.78, 5) is 8.33. The molecule has 0 amide bonds. The third-order valence-corrected chi connectivity index (χ3v) is 5.46. The molecule has 128 valence electrons. The highest BCUT2D eigenvalue weighted by Crippen LogP contribution is 2.32. The lowest BCUT2D eigenvalue weighted by molar-refractivity contribution is 0.827. The number of aromatic nitrogens is 3. The van der Waals surface area contributed by atoms with Crippen molar-refractivity contribution in [3.8, 4) is 11.4 Å². The maximum absolute atomic E-state index is 4.84. The lowest BCUT2D eigenvalue weighted by atomic mass is 10.1. The number of hydrogen-bond acceptors (Lipinski definition) is 1. The van der Waals surface area contributed by atoms with Crippen LogP contribution in [-0.4, -0.2) is 14.5 Å². The van der Waals surface area contributed by atoms with Gasteiger partial charge in [0.15, 0.2) is 0 Å². The first-order chi connectivity index (χ1) is 12.7. The summed E-state index contributed by atoms with van der Waals surface area (Å²) in [5.74, 6) is 0.931. The Morgan fingerprint density at radius 3 is 2.50 bits per heavy atom. The van der Waals surface area contributed by atoms with E-state index < -0.39 is 0 Å². The molecule has 0 atom stereocenters. The molecule has 0 radical (unpaired) electrons. The van der Waals surface area contributed by atoms with Crippen molar-refractivity contribution in [3.05, 3.63) is 65.7 Å². The van der Waals surface area contributed by atoms with Crippen molar-refractivity contribution in [2.24, 2.45) is 0 Å². The van der Waals surface area contributed by atoms with Gasteiger partial charge in [-0.1, -0.05) is 18.2 Å². The van der Waals surface area contributed by atoms with E-state index in [1.54, 1.807) is 0 Å². The smallest absolute Gasteiger partial charge is 0.138 e. The number of nitrogens with one attached hydrogen (secondary N) is 1. The van der Waals surface area contributed by atoms with Crippen molar-refractivity contribution < 1.29 is 0 Å². The molecule has 0 saturated heterocycles. The summed E-state index contributed by atoms with van der Waals surface area (Å²) in [6, 6.07) is 19.6. The first-order valence-corrected chi connectivity index (χ1v) is 9.14. The average Bonchev–Trinajstić information content (AvgIpc) is 3.20. The third-order valence-electron chi connectivity index (χ3n) is 5.46. The molecule has 0 aliphatic rings. The summed E-state index contributed by atoms with van der Waals surface area (Å²) >= 11 is 0. The molecule has 5 aromatic rings. The Hall–Kier alpha value is -3.07. The summed E-state index contributed by atoms with van der Waals surface area (Å²) in [6.45, 7) is 7.44. The maximum atomic E-state index is 4.84. The number of para-hydroxylation sites is 1. The minimum Gasteiger partial charge on any atom is -0.341 e. The van der Waals surface area contributed by atoms with Crippen molar-refractivity contribution in [2.45, 2.75) is 27.3 Å². The minimum absolute atomic E-state index is 0.931. The van der Waals surface area contributed by atoms with E-state index >= 15 is 0 Å². The van der Waals surface area contributed by atoms with Crippen LogP contribution in [0.1, 0.15) is 18.1 Å². The molecule has 1 N–H and O–H groups in total. The Bertz CT molecular complexity index is 1250. The molecular weight excluding hydrogens is 318 g/mol. The highest BCUT2D eigenvalue weighted by Gasteiger charge is 2.12. The summed E-state index contributed by atoms with van der Waals surface area (Å²) < 4.78 is 2.37. The van der Waals surface area contributed by atoms with Gasteiger partial charge in [0.2, 0.25) is 0 Å². The van der Waals surface area contributed by atoms with Crippen LogP contribution in [0.15, 0.2) is 54.6 Å². The molecule has 0 bridgehead atoms. The topological polar surface area (TPSA) is 33.6 Å². The first kappa shape index (κ1) is 15.2. The van der Waals surface area contributed by atoms with Crippen molar-refractivity contribution in [1.29, 1.82) is 0 Å². The summed E-state index contributed by atoms with van der Waals surface area (Å²) in [5, 5.41) is 2.58. The number of aryl methyl sites for hydroxylation is 3. The predicted molar refractivity (Wildman–Crippen MR) is 110 cm³/mol. The molecule has 0 saturated carbocycles. The van der Waals surface area contributed by atoms with Crippen molar-refractivity contribution in [2.75, 3.05) is 0 Å². The quantitative estimate of drug-likeness (QED) is 0.422. The fourth-order valence-electron chi connectivity index (χ4n) is 3.95. The molecule has 26 heavy (non-hydrogen) atoms. The molecular formula is C23H21N3. The zero-order valence-corrected chi connectivity index (χ0v) is 15.3. The number of H-pyrrole nitrogens is 1. The van der Waals surface area contributed by atoms with Crippen LogP contribution in [0.5, 0.6) is 0 Å². The average molecular weight is 339 g/mol. The number of aromatic amines is 1. The molecule has 3 aromatic carbocycles. The number of fused-ring (bicyclic) bond motifs is 4. The zero-order valence-electron chi connectivity index (χ0n) is 15.3. The largest absolute Gasteiger partial charge is 0.341 e. The second-order valence-electron chi connectivity index (χ2n) is 7.03. The monoisotopic (exact) mass is 339 g/mol. The first-order valence-electron chi connectivity index (χ1n) is 9.14. The fourth-order valence-corrected chi connectivity index (χ4v) is 3.95. The molecule has 0 aliphatic carbocycles. The minimum atomic E-state index is 0.931. The molecule has 2 aromatic heterocycles. The van der Waals surface area contributed by atoms with Gasteiger partial charge in [0, 0.05) is 33.9 Å². The van der Waals surface area contributed by atoms with Gasteiger partial charge in [-0.05, 0) is 68.3 Å². The van der Waals surface area contributed by atoms with Gasteiger partial charge in [0.05, 0.1) is 11.0 Å². The van der Waals surface area contributed by atoms with Crippen LogP contribution in [0, 0.1) is 13.8 Å². The molecule has 0 aliphatic heterocycles. The lowest BCUT2D eigenvalue weighted by Crippen LogP contribution is -1.92. The number of nitrogens with zero attached hydrogens (tertiary/aromatic N) is 2. The Morgan fingerprint density at radius 2 is 1.65 bits per heavy atom. The van der Waals surface area contributed by atoms with E-state index in [1.807, 2.05) is 0 Å². The van der Waals surface area contributed by atoms with E-state index in [0.29, 0.717) is 0 Å². The standard InChI is InChI=1S/C23H21N3/c1-4-26-21-8-6-5-7-17(21)18-13-16(9-10-22(18)26)23-24-19-11-14(2)15(3)12-20(19)25-23/h5-13H,4H2,1-3H3,(H,24,25). The molecule has 0 fully saturated rings. The summed E-state index contributed by atoms with van der Waals surface area (Å²) in [6.07, 6.45) is 0. The maximum Gasteiger partial charge on any atom is 0.138 e. The van der Waals surface area contributed by atoms with Crippen LogP contribution in [0.3, 0.4) is 0 Å². The van der Waals surface area contributed by atoms with E-state index in [4.69, 9.17) is 4.98 Å². The van der Waals surface area contributed by atoms with Gasteiger partial charge in [-0.25, -0.2) is 4.98 Å². The van der Waals surface area contributed by atoms with Gasteiger partial charge >= 0.3 is 0 Å². The Labute approximate surface area is 152 Å². The highest BCUT2D eigenvalue weighted by atomic mass is 15.0. The molecule has 0 unspecified atom stereocenters. The SMILES string of the molecule is CCn1c2ccccc2c2cc(-c3nc4cc(C)c(C)cc4[nH]3)ccc21. The molecule has 3 heteroatoms. The number of benzene rings is 3. The van der Waals surface area contributed by atoms with Crippen LogP contribution < -0.4 is 0 Å². The van der Waals surface area contributed by atoms with Crippen molar-refractivity contribution in [1.82, 2.24) is 14.5 Å². The van der Waals surface area contributed by atoms with E-state index in [-0.39, 0.29) is 0 Å². The Balaban J connectivity index is 1.76. The number of rotatable bonds is 2. The van der Waals surface area contributed by atoms with Crippen LogP contribution in [0.2, 0.25) is 0 Å². The zero-order chi connectivity index (χ0) is 17.8. The summed E-state index contributed by atoms with van der Waals surface area (Å²) in [7, 11) is 0. The third kappa shape index (κ3) is 2.10. The van der Waals surface area contributed by atoms with Gasteiger partial charge in [0.25, 0.3) is 0 Å². The molecule has 3 nitrogen and oxygen atoms in total. The fraction of sp³-hybridized carbons (Fsp3) is 0.174. The van der Waals surface area contributed by atoms with E-state index in [2.05, 4.69) is 84.9 Å². The van der Waals surface area contributed by atoms with Crippen LogP contribution >= 0.6 is 0 Å². The van der Waals surface area contributed by atoms with Gasteiger partial charge in [-0.2, -0.15) is 0 Å². The van der Waals surface area contributed by atoms with E-state index in [9.17, 15) is 0 Å². The Kier molecular flexibility index (Phi) is 3.20. The van der Waals surface area contributed by atoms with Gasteiger partial charge in [0.1, 0.15) is 5.82 Å². The molecule has 5 rings (SSSR count). The number of imidazole rings is 1. The van der Waals surface area contributed by atoms with Crippen molar-refractivity contribution in [3.63, 3.8) is 0 Å². The van der Waals surface area contributed by atoms with Crippen molar-refractivity contribution >= 4 is 32.8 Å². The molecule has 2 heterocycles. The van der Waals surface area contributed by atoms with E-state index in [1.165, 1.54) is 32.9 Å². The van der Waals surface area contributed by atoms with Crippen LogP contribution in [-0.2, 0) is 6.54 Å². The predicted octanol–water partition coefficient (Wildman–Crippen LogP) is 5.97. The lowest BCUT2D eigenvalue weighted by Gasteiger charge is -2.03. The number of hydrogen-bond donors (Lipinski definition) is 1. The highest BCUT2D eigenvalue weighted by molar-refractivity contribution is 6.09. The van der Waals surface area contributed by atoms with Crippen LogP contribution in [0.25, 0.3) is 44.2 Å². The summed E-state index contributed by atoms with van der Waals surface area (Å²) in [5.41, 5.74) is 8.38. The Morgan fingerprint density at radius 1 is 0.885 bits per heavy atom. The normalized spacial score (nSPS) is 11.8. The van der Waals surface area contributed by atoms with E-state index in [0.717, 1.165) is 29.0 Å². The second-order valence-corrected chi connectivity index (χ2v) is 7.03. The second kappa shape index (κ2) is 5.46. The van der Waals surface area contributed by atoms with Gasteiger partial charge in [-0.3, -0.25) is 0 Å². The van der Waals surface area contributed by atoms with Crippen LogP contribution in [0.4, 0.5) is 0 Å². The van der Waals surface area contributed by atoms with Gasteiger partial charge < -0.3 is 9.55 Å². The molecule has 0 spiro atoms. The van der Waals surface area contributed by atoms with Gasteiger partial charge in [-0.15, -0.1) is 0 Å².